The van der Waals surface area contributed by atoms with Gasteiger partial charge in [0.05, 0.1) is 39.2 Å². The predicted molar refractivity (Wildman–Crippen MR) is 227 cm³/mol. The minimum absolute atomic E-state index is 0.104. The van der Waals surface area contributed by atoms with Crippen molar-refractivity contribution >= 4 is 84.3 Å². The van der Waals surface area contributed by atoms with E-state index in [2.05, 4.69) is 83.1 Å². The van der Waals surface area contributed by atoms with E-state index in [0.29, 0.717) is 39.2 Å². The second kappa shape index (κ2) is 19.4. The summed E-state index contributed by atoms with van der Waals surface area (Å²) >= 11 is 4.22. The second-order valence-corrected chi connectivity index (χ2v) is 26.3. The third-order valence-electron chi connectivity index (χ3n) is 8.50. The molecule has 1 heterocycles. The summed E-state index contributed by atoms with van der Waals surface area (Å²) in [4.78, 5) is 4.96. The van der Waals surface area contributed by atoms with Gasteiger partial charge < -0.3 is 20.4 Å². The van der Waals surface area contributed by atoms with E-state index in [1.165, 1.54) is 47.0 Å². The first-order chi connectivity index (χ1) is 24.8. The van der Waals surface area contributed by atoms with Crippen LogP contribution in [0.3, 0.4) is 0 Å². The molecule has 4 aromatic carbocycles. The van der Waals surface area contributed by atoms with Crippen molar-refractivity contribution < 1.29 is 54.5 Å². The van der Waals surface area contributed by atoms with Gasteiger partial charge in [-0.1, -0.05) is 130 Å². The van der Waals surface area contributed by atoms with E-state index >= 15 is 0 Å². The van der Waals surface area contributed by atoms with Crippen molar-refractivity contribution in [1.82, 2.24) is 0 Å². The number of fused-ring (bicyclic) bond motifs is 8. The molecule has 0 aromatic heterocycles. The van der Waals surface area contributed by atoms with Crippen LogP contribution in [-0.4, -0.2) is 20.4 Å². The summed E-state index contributed by atoms with van der Waals surface area (Å²) < 4.78 is 0. The van der Waals surface area contributed by atoms with Gasteiger partial charge in [0, 0.05) is 0 Å². The molecule has 0 fully saturated rings. The monoisotopic (exact) mass is 956 g/mol. The van der Waals surface area contributed by atoms with Crippen LogP contribution in [0.15, 0.2) is 87.7 Å². The molecule has 0 aliphatic carbocycles. The molecule has 0 spiro atoms. The molecule has 0 saturated carbocycles. The minimum atomic E-state index is -0.556. The van der Waals surface area contributed by atoms with E-state index in [9.17, 15) is 20.4 Å². The van der Waals surface area contributed by atoms with Crippen molar-refractivity contribution in [2.75, 3.05) is 0 Å². The van der Waals surface area contributed by atoms with Gasteiger partial charge in [0.2, 0.25) is 0 Å². The van der Waals surface area contributed by atoms with Crippen molar-refractivity contribution in [3.8, 4) is 23.0 Å². The summed E-state index contributed by atoms with van der Waals surface area (Å²) in [7, 11) is 19.6. The average molecular weight is 959 g/mol. The zero-order valence-electron chi connectivity index (χ0n) is 32.6. The Labute approximate surface area is 372 Å². The summed E-state index contributed by atoms with van der Waals surface area (Å²) in [5.74, 6) is 0.416. The van der Waals surface area contributed by atoms with Crippen molar-refractivity contribution in [2.24, 2.45) is 0 Å². The van der Waals surface area contributed by atoms with E-state index in [1.807, 2.05) is 48.5 Å². The molecular weight excluding hydrogens is 910 g/mol. The average Bonchev–Trinajstić information content (AvgIpc) is 3.02. The Morgan fingerprint density at radius 1 is 0.333 bits per heavy atom. The molecule has 0 unspecified atom stereocenters. The van der Waals surface area contributed by atoms with Crippen LogP contribution >= 0.6 is 84.3 Å². The standard InChI is InChI=1S/C40H48O4S4.4ClH.2Ti/c1-37(2,3)21-13-25-33(41)26(14-21)46-28-16-23(39(7,8)9)18-30(35(28)43)48-32-20-24(40(10,11)12)19-31(36(32)44)47-29-17-22(38(4,5)6)15-27(45-25)34(29)42;;;;;;/h13-20,41-44H,1-12H3;4*1H;;/q;;;;;2*+2/p-4. The third-order valence-corrected chi connectivity index (χ3v) is 12.8. The van der Waals surface area contributed by atoms with Crippen molar-refractivity contribution in [2.45, 2.75) is 144 Å². The van der Waals surface area contributed by atoms with E-state index in [1.54, 1.807) is 0 Å². The second-order valence-electron chi connectivity index (χ2n) is 16.8. The van der Waals surface area contributed by atoms with Gasteiger partial charge in [-0.15, -0.1) is 0 Å². The third kappa shape index (κ3) is 12.5. The molecule has 4 aromatic rings. The first-order valence-corrected chi connectivity index (χ1v) is 28.8. The van der Waals surface area contributed by atoms with E-state index < -0.39 is 34.1 Å². The number of hydrogen-bond donors (Lipinski definition) is 4. The quantitative estimate of drug-likeness (QED) is 0.114. The molecule has 1 aliphatic heterocycles. The zero-order valence-corrected chi connectivity index (χ0v) is 42.0. The molecule has 14 heteroatoms. The van der Waals surface area contributed by atoms with E-state index in [0.717, 1.165) is 22.3 Å². The molecule has 0 amide bonds. The van der Waals surface area contributed by atoms with Gasteiger partial charge in [-0.3, -0.25) is 0 Å². The summed E-state index contributed by atoms with van der Waals surface area (Å²) in [5.41, 5.74) is 3.22. The number of halogens is 4. The number of aromatic hydroxyl groups is 4. The molecule has 54 heavy (non-hydrogen) atoms. The van der Waals surface area contributed by atoms with Gasteiger partial charge in [-0.05, 0) is 92.4 Å². The Morgan fingerprint density at radius 3 is 0.537 bits per heavy atom. The zero-order chi connectivity index (χ0) is 41.1. The number of benzene rings is 4. The summed E-state index contributed by atoms with van der Waals surface area (Å²) in [5, 5.41) is 47.4. The van der Waals surface area contributed by atoms with Gasteiger partial charge in [0.1, 0.15) is 23.0 Å². The van der Waals surface area contributed by atoms with Crippen LogP contribution in [0.4, 0.5) is 0 Å². The fraction of sp³-hybridized carbons (Fsp3) is 0.400. The van der Waals surface area contributed by atoms with Gasteiger partial charge in [-0.25, -0.2) is 0 Å². The maximum absolute atomic E-state index is 11.9. The molecule has 4 N–H and O–H groups in total. The molecular formula is C40H48Cl4O4S4Ti2. The fourth-order valence-electron chi connectivity index (χ4n) is 5.16. The van der Waals surface area contributed by atoms with Gasteiger partial charge >= 0.3 is 71.3 Å². The SMILES string of the molecule is CC(C)(C)c1cc2c(O)c(c1)Sc1cc(C(C)(C)C)cc(c1O)Sc1cc(C(C)(C)C)cc(c1O)Sc1cc(C(C)(C)C)cc(c1O)S2.[Cl][Ti][Cl].[Cl][Ti][Cl]. The first-order valence-electron chi connectivity index (χ1n) is 16.9. The van der Waals surface area contributed by atoms with Crippen molar-refractivity contribution in [3.63, 3.8) is 0 Å². The Balaban J connectivity index is 0.00000122. The summed E-state index contributed by atoms with van der Waals surface area (Å²) in [6.45, 7) is 25.7. The Morgan fingerprint density at radius 2 is 0.444 bits per heavy atom. The van der Waals surface area contributed by atoms with Crippen LogP contribution in [0.25, 0.3) is 0 Å². The van der Waals surface area contributed by atoms with Crippen molar-refractivity contribution in [1.29, 1.82) is 0 Å². The Kier molecular flexibility index (Phi) is 17.4. The van der Waals surface area contributed by atoms with E-state index in [-0.39, 0.29) is 44.7 Å². The molecule has 0 atom stereocenters. The van der Waals surface area contributed by atoms with Crippen molar-refractivity contribution in [3.05, 3.63) is 70.8 Å². The number of rotatable bonds is 0. The van der Waals surface area contributed by atoms with Crippen LogP contribution in [0, 0.1) is 0 Å². The molecule has 0 saturated heterocycles. The summed E-state index contributed by atoms with van der Waals surface area (Å²) in [6.07, 6.45) is 0. The predicted octanol–water partition coefficient (Wildman–Crippen LogP) is 15.4. The normalized spacial score (nSPS) is 13.2. The van der Waals surface area contributed by atoms with Crippen LogP contribution in [0.5, 0.6) is 23.0 Å². The maximum atomic E-state index is 11.9. The number of phenolic OH excluding ortho intramolecular Hbond substituents is 4. The van der Waals surface area contributed by atoms with Crippen LogP contribution in [0.1, 0.15) is 105 Å². The number of hydrogen-bond acceptors (Lipinski definition) is 8. The van der Waals surface area contributed by atoms with Gasteiger partial charge in [0.25, 0.3) is 0 Å². The fourth-order valence-corrected chi connectivity index (χ4v) is 9.50. The molecule has 292 valence electrons. The summed E-state index contributed by atoms with van der Waals surface area (Å²) in [6, 6.07) is 16.0. The Bertz CT molecular complexity index is 1600. The molecule has 4 nitrogen and oxygen atoms in total. The Hall–Kier alpha value is 0.0686. The molecule has 0 radical (unpaired) electrons. The molecule has 1 aliphatic rings. The molecule has 8 bridgehead atoms. The van der Waals surface area contributed by atoms with Crippen LogP contribution in [-0.2, 0) is 55.7 Å². The van der Waals surface area contributed by atoms with E-state index in [4.69, 9.17) is 37.2 Å². The first kappa shape index (κ1) is 48.4. The topological polar surface area (TPSA) is 80.9 Å². The molecule has 5 rings (SSSR count). The number of phenols is 4. The van der Waals surface area contributed by atoms with Gasteiger partial charge in [0.15, 0.2) is 0 Å². The van der Waals surface area contributed by atoms with Crippen LogP contribution in [0.2, 0.25) is 0 Å². The van der Waals surface area contributed by atoms with Crippen LogP contribution < -0.4 is 0 Å². The van der Waals surface area contributed by atoms with Gasteiger partial charge in [-0.2, -0.15) is 0 Å².